The van der Waals surface area contributed by atoms with E-state index >= 15 is 0 Å². The van der Waals surface area contributed by atoms with E-state index in [1.54, 1.807) is 18.4 Å². The van der Waals surface area contributed by atoms with Crippen molar-refractivity contribution in [1.29, 1.82) is 0 Å². The Hall–Kier alpha value is -2.41. The number of benzene rings is 1. The van der Waals surface area contributed by atoms with Crippen LogP contribution in [0.3, 0.4) is 0 Å². The molecule has 1 aromatic carbocycles. The third-order valence-corrected chi connectivity index (χ3v) is 5.57. The van der Waals surface area contributed by atoms with E-state index in [9.17, 15) is 14.3 Å². The van der Waals surface area contributed by atoms with E-state index in [4.69, 9.17) is 9.40 Å². The Morgan fingerprint density at radius 2 is 1.93 bits per heavy atom. The highest BCUT2D eigenvalue weighted by atomic mass is 19.1. The molecular weight excluding hydrogens is 349 g/mol. The summed E-state index contributed by atoms with van der Waals surface area (Å²) in [5, 5.41) is 9.42. The molecule has 2 fully saturated rings. The van der Waals surface area contributed by atoms with E-state index < -0.39 is 6.09 Å². The third kappa shape index (κ3) is 3.56. The first kappa shape index (κ1) is 18.0. The van der Waals surface area contributed by atoms with Gasteiger partial charge in [0.2, 0.25) is 5.89 Å². The van der Waals surface area contributed by atoms with Gasteiger partial charge in [-0.1, -0.05) is 12.1 Å². The molecule has 7 heteroatoms. The molecule has 2 aliphatic rings. The molecule has 4 rings (SSSR count). The molecular formula is C20H24FN3O3. The summed E-state index contributed by atoms with van der Waals surface area (Å²) in [5.74, 6) is 0.781. The van der Waals surface area contributed by atoms with Crippen molar-refractivity contribution in [2.45, 2.75) is 50.7 Å². The first-order valence-corrected chi connectivity index (χ1v) is 9.40. The number of carbonyl (C=O) groups is 1. The monoisotopic (exact) mass is 373 g/mol. The molecule has 0 spiro atoms. The molecule has 1 saturated carbocycles. The van der Waals surface area contributed by atoms with Crippen molar-refractivity contribution < 1.29 is 18.7 Å². The number of amides is 1. The minimum absolute atomic E-state index is 0.0244. The molecule has 144 valence electrons. The summed E-state index contributed by atoms with van der Waals surface area (Å²) in [4.78, 5) is 19.9. The van der Waals surface area contributed by atoms with Crippen LogP contribution in [-0.2, 0) is 0 Å². The molecule has 0 radical (unpaired) electrons. The molecule has 1 amide bonds. The van der Waals surface area contributed by atoms with Crippen LogP contribution >= 0.6 is 0 Å². The van der Waals surface area contributed by atoms with Gasteiger partial charge < -0.3 is 14.4 Å². The zero-order valence-electron chi connectivity index (χ0n) is 15.5. The van der Waals surface area contributed by atoms with Crippen LogP contribution in [0.15, 0.2) is 34.9 Å². The maximum absolute atomic E-state index is 13.5. The second kappa shape index (κ2) is 6.96. The second-order valence-corrected chi connectivity index (χ2v) is 7.67. The number of carboxylic acid groups (broad SMARTS) is 1. The predicted molar refractivity (Wildman–Crippen MR) is 97.1 cm³/mol. The molecule has 1 aromatic heterocycles. The SMILES string of the molecule is CC1CN(C(=O)O)[C@@H](C)CN1C(c1ccc(F)cc1)c1nc(C2CC2)co1. The smallest absolute Gasteiger partial charge is 0.407 e. The van der Waals surface area contributed by atoms with Gasteiger partial charge in [0.05, 0.1) is 5.69 Å². The average Bonchev–Trinajstić information content (AvgIpc) is 3.38. The fourth-order valence-electron chi connectivity index (χ4n) is 3.89. The average molecular weight is 373 g/mol. The van der Waals surface area contributed by atoms with Crippen molar-refractivity contribution in [3.8, 4) is 0 Å². The van der Waals surface area contributed by atoms with Crippen molar-refractivity contribution in [3.05, 3.63) is 53.5 Å². The standard InChI is InChI=1S/C20H24FN3O3/c1-12-10-24(20(25)26)13(2)9-23(12)18(15-5-7-16(21)8-6-15)19-22-17(11-27-19)14-3-4-14/h5-8,11-14,18H,3-4,9-10H2,1-2H3,(H,25,26)/t12?,13-,18?/m0/s1. The molecule has 1 aliphatic carbocycles. The molecule has 1 aliphatic heterocycles. The highest BCUT2D eigenvalue weighted by Gasteiger charge is 2.39. The van der Waals surface area contributed by atoms with E-state index in [1.807, 2.05) is 13.8 Å². The van der Waals surface area contributed by atoms with Gasteiger partial charge >= 0.3 is 6.09 Å². The van der Waals surface area contributed by atoms with Crippen molar-refractivity contribution in [2.24, 2.45) is 0 Å². The third-order valence-electron chi connectivity index (χ3n) is 5.57. The normalized spacial score (nSPS) is 24.8. The Morgan fingerprint density at radius 3 is 2.56 bits per heavy atom. The van der Waals surface area contributed by atoms with Crippen molar-refractivity contribution in [2.75, 3.05) is 13.1 Å². The molecule has 27 heavy (non-hydrogen) atoms. The van der Waals surface area contributed by atoms with Gasteiger partial charge in [-0.3, -0.25) is 4.90 Å². The van der Waals surface area contributed by atoms with E-state index in [-0.39, 0.29) is 23.9 Å². The Morgan fingerprint density at radius 1 is 1.22 bits per heavy atom. The van der Waals surface area contributed by atoms with Crippen LogP contribution in [0.4, 0.5) is 9.18 Å². The van der Waals surface area contributed by atoms with Crippen molar-refractivity contribution >= 4 is 6.09 Å². The minimum atomic E-state index is -0.903. The Bertz CT molecular complexity index is 818. The molecule has 0 bridgehead atoms. The molecule has 2 aromatic rings. The van der Waals surface area contributed by atoms with Gasteiger partial charge in [-0.25, -0.2) is 14.2 Å². The van der Waals surface area contributed by atoms with Crippen molar-refractivity contribution in [3.63, 3.8) is 0 Å². The summed E-state index contributed by atoms with van der Waals surface area (Å²) in [5.41, 5.74) is 1.87. The lowest BCUT2D eigenvalue weighted by atomic mass is 9.99. The number of rotatable bonds is 4. The number of nitrogens with zero attached hydrogens (tertiary/aromatic N) is 3. The van der Waals surface area contributed by atoms with Gasteiger partial charge in [0.15, 0.2) is 0 Å². The molecule has 2 heterocycles. The van der Waals surface area contributed by atoms with Gasteiger partial charge in [-0.15, -0.1) is 0 Å². The van der Waals surface area contributed by atoms with Gasteiger partial charge in [0, 0.05) is 31.1 Å². The summed E-state index contributed by atoms with van der Waals surface area (Å²) < 4.78 is 19.3. The van der Waals surface area contributed by atoms with Crippen LogP contribution in [0.2, 0.25) is 0 Å². The maximum atomic E-state index is 13.5. The fourth-order valence-corrected chi connectivity index (χ4v) is 3.89. The Balaban J connectivity index is 1.68. The first-order chi connectivity index (χ1) is 12.9. The lowest BCUT2D eigenvalue weighted by Crippen LogP contribution is -2.58. The topological polar surface area (TPSA) is 69.8 Å². The number of halogens is 1. The van der Waals surface area contributed by atoms with Gasteiger partial charge in [-0.2, -0.15) is 0 Å². The molecule has 2 unspecified atom stereocenters. The van der Waals surface area contributed by atoms with Gasteiger partial charge in [0.1, 0.15) is 18.1 Å². The van der Waals surface area contributed by atoms with Crippen LogP contribution in [0.5, 0.6) is 0 Å². The number of aromatic nitrogens is 1. The highest BCUT2D eigenvalue weighted by molar-refractivity contribution is 5.65. The summed E-state index contributed by atoms with van der Waals surface area (Å²) >= 11 is 0. The summed E-state index contributed by atoms with van der Waals surface area (Å²) in [6, 6.07) is 5.93. The minimum Gasteiger partial charge on any atom is -0.465 e. The Kier molecular flexibility index (Phi) is 4.63. The van der Waals surface area contributed by atoms with Crippen LogP contribution in [0.25, 0.3) is 0 Å². The molecule has 1 N–H and O–H groups in total. The Labute approximate surface area is 157 Å². The highest BCUT2D eigenvalue weighted by Crippen LogP contribution is 2.41. The van der Waals surface area contributed by atoms with Crippen LogP contribution < -0.4 is 0 Å². The number of hydrogen-bond donors (Lipinski definition) is 1. The van der Waals surface area contributed by atoms with Crippen molar-refractivity contribution in [1.82, 2.24) is 14.8 Å². The van der Waals surface area contributed by atoms with Gasteiger partial charge in [0.25, 0.3) is 0 Å². The summed E-state index contributed by atoms with van der Waals surface area (Å²) in [6.45, 7) is 4.87. The van der Waals surface area contributed by atoms with E-state index in [0.29, 0.717) is 24.9 Å². The van der Waals surface area contributed by atoms with E-state index in [2.05, 4.69) is 4.90 Å². The molecule has 3 atom stereocenters. The zero-order chi connectivity index (χ0) is 19.1. The zero-order valence-corrected chi connectivity index (χ0v) is 15.5. The van der Waals surface area contributed by atoms with Crippen LogP contribution in [0.1, 0.15) is 55.8 Å². The molecule has 6 nitrogen and oxygen atoms in total. The largest absolute Gasteiger partial charge is 0.465 e. The second-order valence-electron chi connectivity index (χ2n) is 7.67. The van der Waals surface area contributed by atoms with E-state index in [1.165, 1.54) is 17.0 Å². The van der Waals surface area contributed by atoms with Crippen LogP contribution in [0, 0.1) is 5.82 Å². The van der Waals surface area contributed by atoms with E-state index in [0.717, 1.165) is 24.1 Å². The number of piperazine rings is 1. The summed E-state index contributed by atoms with van der Waals surface area (Å²) in [7, 11) is 0. The molecule has 1 saturated heterocycles. The maximum Gasteiger partial charge on any atom is 0.407 e. The fraction of sp³-hybridized carbons (Fsp3) is 0.500. The first-order valence-electron chi connectivity index (χ1n) is 9.40. The summed E-state index contributed by atoms with van der Waals surface area (Å²) in [6.07, 6.45) is 3.10. The predicted octanol–water partition coefficient (Wildman–Crippen LogP) is 3.85. The van der Waals surface area contributed by atoms with Gasteiger partial charge in [-0.05, 0) is 44.4 Å². The number of hydrogen-bond acceptors (Lipinski definition) is 4. The lowest BCUT2D eigenvalue weighted by Gasteiger charge is -2.45. The quantitative estimate of drug-likeness (QED) is 0.881. The lowest BCUT2D eigenvalue weighted by molar-refractivity contribution is 0.0224. The number of oxazole rings is 1. The van der Waals surface area contributed by atoms with Crippen LogP contribution in [-0.4, -0.2) is 51.2 Å².